The highest BCUT2D eigenvalue weighted by atomic mass is 16.4. The van der Waals surface area contributed by atoms with E-state index >= 15 is 0 Å². The van der Waals surface area contributed by atoms with Crippen LogP contribution in [0.2, 0.25) is 0 Å². The molecule has 0 heterocycles. The van der Waals surface area contributed by atoms with Crippen LogP contribution in [0.1, 0.15) is 20.3 Å². The van der Waals surface area contributed by atoms with Crippen molar-refractivity contribution < 1.29 is 14.7 Å². The van der Waals surface area contributed by atoms with E-state index in [9.17, 15) is 9.59 Å². The normalized spacial score (nSPS) is 11.9. The Balaban J connectivity index is 3.89. The number of carboxylic acid groups (broad SMARTS) is 1. The Morgan fingerprint density at radius 1 is 1.44 bits per heavy atom. The van der Waals surface area contributed by atoms with E-state index in [0.29, 0.717) is 0 Å². The summed E-state index contributed by atoms with van der Waals surface area (Å²) in [7, 11) is 0. The van der Waals surface area contributed by atoms with Crippen LogP contribution >= 0.6 is 0 Å². The van der Waals surface area contributed by atoms with Crippen molar-refractivity contribution in [1.82, 2.24) is 10.6 Å². The SMILES string of the molecule is CC(C)C(NCC(=O)NCCC#N)C(=O)O. The predicted molar refractivity (Wildman–Crippen MR) is 57.5 cm³/mol. The molecule has 6 nitrogen and oxygen atoms in total. The van der Waals surface area contributed by atoms with Crippen molar-refractivity contribution in [3.8, 4) is 6.07 Å². The minimum atomic E-state index is -0.972. The number of carboxylic acids is 1. The third-order valence-corrected chi connectivity index (χ3v) is 1.97. The average molecular weight is 227 g/mol. The minimum Gasteiger partial charge on any atom is -0.480 e. The van der Waals surface area contributed by atoms with Crippen LogP contribution in [0, 0.1) is 17.2 Å². The van der Waals surface area contributed by atoms with Gasteiger partial charge in [0.25, 0.3) is 0 Å². The van der Waals surface area contributed by atoms with Crippen LogP contribution in [0.5, 0.6) is 0 Å². The zero-order valence-corrected chi connectivity index (χ0v) is 9.49. The molecule has 0 rings (SSSR count). The molecule has 0 bridgehead atoms. The van der Waals surface area contributed by atoms with Gasteiger partial charge in [0.2, 0.25) is 5.91 Å². The zero-order valence-electron chi connectivity index (χ0n) is 9.49. The van der Waals surface area contributed by atoms with Crippen LogP contribution in [0.15, 0.2) is 0 Å². The molecule has 6 heteroatoms. The molecule has 3 N–H and O–H groups in total. The number of nitrogens with one attached hydrogen (secondary N) is 2. The van der Waals surface area contributed by atoms with Gasteiger partial charge in [-0.15, -0.1) is 0 Å². The van der Waals surface area contributed by atoms with Crippen LogP contribution in [0.3, 0.4) is 0 Å². The van der Waals surface area contributed by atoms with Gasteiger partial charge >= 0.3 is 5.97 Å². The molecule has 0 aliphatic carbocycles. The summed E-state index contributed by atoms with van der Waals surface area (Å²) >= 11 is 0. The molecule has 16 heavy (non-hydrogen) atoms. The van der Waals surface area contributed by atoms with Crippen molar-refractivity contribution in [1.29, 1.82) is 5.26 Å². The quantitative estimate of drug-likeness (QED) is 0.519. The van der Waals surface area contributed by atoms with Gasteiger partial charge in [0.05, 0.1) is 19.0 Å². The van der Waals surface area contributed by atoms with Gasteiger partial charge in [0.15, 0.2) is 0 Å². The number of aliphatic carboxylic acids is 1. The molecule has 1 unspecified atom stereocenters. The molecule has 1 atom stereocenters. The molecule has 0 aliphatic rings. The number of amides is 1. The smallest absolute Gasteiger partial charge is 0.320 e. The molecule has 0 saturated heterocycles. The van der Waals surface area contributed by atoms with Crippen LogP contribution in [-0.2, 0) is 9.59 Å². The third kappa shape index (κ3) is 5.98. The molecule has 0 saturated carbocycles. The van der Waals surface area contributed by atoms with Gasteiger partial charge in [-0.3, -0.25) is 14.9 Å². The first-order valence-electron chi connectivity index (χ1n) is 5.09. The molecule has 90 valence electrons. The molecule has 0 aromatic rings. The summed E-state index contributed by atoms with van der Waals surface area (Å²) < 4.78 is 0. The number of carbonyl (C=O) groups is 2. The van der Waals surface area contributed by atoms with Gasteiger partial charge in [0.1, 0.15) is 6.04 Å². The van der Waals surface area contributed by atoms with E-state index in [-0.39, 0.29) is 31.3 Å². The maximum atomic E-state index is 11.2. The summed E-state index contributed by atoms with van der Waals surface area (Å²) in [4.78, 5) is 22.0. The summed E-state index contributed by atoms with van der Waals surface area (Å²) in [5.74, 6) is -1.37. The zero-order chi connectivity index (χ0) is 12.6. The van der Waals surface area contributed by atoms with E-state index in [1.165, 1.54) is 0 Å². The molecular formula is C10H17N3O3. The Kier molecular flexibility index (Phi) is 6.88. The van der Waals surface area contributed by atoms with E-state index in [0.717, 1.165) is 0 Å². The second kappa shape index (κ2) is 7.65. The molecule has 0 aromatic carbocycles. The Hall–Kier alpha value is -1.61. The van der Waals surface area contributed by atoms with Crippen molar-refractivity contribution in [2.24, 2.45) is 5.92 Å². The lowest BCUT2D eigenvalue weighted by Gasteiger charge is -2.17. The van der Waals surface area contributed by atoms with E-state index in [1.54, 1.807) is 13.8 Å². The largest absolute Gasteiger partial charge is 0.480 e. The Morgan fingerprint density at radius 3 is 2.50 bits per heavy atom. The summed E-state index contributed by atoms with van der Waals surface area (Å²) in [5, 5.41) is 22.2. The van der Waals surface area contributed by atoms with Gasteiger partial charge in [-0.2, -0.15) is 5.26 Å². The van der Waals surface area contributed by atoms with Gasteiger partial charge in [0, 0.05) is 6.54 Å². The van der Waals surface area contributed by atoms with Crippen molar-refractivity contribution in [2.45, 2.75) is 26.3 Å². The van der Waals surface area contributed by atoms with Gasteiger partial charge in [-0.25, -0.2) is 0 Å². The number of rotatable bonds is 7. The lowest BCUT2D eigenvalue weighted by atomic mass is 10.1. The maximum Gasteiger partial charge on any atom is 0.320 e. The summed E-state index contributed by atoms with van der Waals surface area (Å²) in [6, 6.07) is 1.16. The maximum absolute atomic E-state index is 11.2. The molecule has 0 fully saturated rings. The first-order valence-corrected chi connectivity index (χ1v) is 5.09. The number of hydrogen-bond acceptors (Lipinski definition) is 4. The Bertz CT molecular complexity index is 284. The summed E-state index contributed by atoms with van der Waals surface area (Å²) in [6.07, 6.45) is 0.248. The second-order valence-corrected chi connectivity index (χ2v) is 3.70. The lowest BCUT2D eigenvalue weighted by molar-refractivity contribution is -0.140. The number of nitriles is 1. The van der Waals surface area contributed by atoms with E-state index in [4.69, 9.17) is 10.4 Å². The number of nitrogens with zero attached hydrogens (tertiary/aromatic N) is 1. The highest BCUT2D eigenvalue weighted by Crippen LogP contribution is 2.00. The van der Waals surface area contributed by atoms with Crippen molar-refractivity contribution in [2.75, 3.05) is 13.1 Å². The minimum absolute atomic E-state index is 0.0550. The molecule has 0 radical (unpaired) electrons. The van der Waals surface area contributed by atoms with Crippen molar-refractivity contribution >= 4 is 11.9 Å². The highest BCUT2D eigenvalue weighted by molar-refractivity contribution is 5.79. The second-order valence-electron chi connectivity index (χ2n) is 3.70. The van der Waals surface area contributed by atoms with Crippen LogP contribution in [0.4, 0.5) is 0 Å². The van der Waals surface area contributed by atoms with E-state index < -0.39 is 12.0 Å². The topological polar surface area (TPSA) is 102 Å². The molecule has 1 amide bonds. The van der Waals surface area contributed by atoms with Gasteiger partial charge < -0.3 is 10.4 Å². The van der Waals surface area contributed by atoms with Crippen LogP contribution in [0.25, 0.3) is 0 Å². The van der Waals surface area contributed by atoms with Crippen molar-refractivity contribution in [3.63, 3.8) is 0 Å². The predicted octanol–water partition coefficient (Wildman–Crippen LogP) is -0.285. The molecule has 0 aromatic heterocycles. The number of hydrogen-bond donors (Lipinski definition) is 3. The lowest BCUT2D eigenvalue weighted by Crippen LogP contribution is -2.45. The fourth-order valence-electron chi connectivity index (χ4n) is 1.13. The van der Waals surface area contributed by atoms with Gasteiger partial charge in [-0.05, 0) is 5.92 Å². The molecular weight excluding hydrogens is 210 g/mol. The first kappa shape index (κ1) is 14.4. The van der Waals surface area contributed by atoms with Crippen LogP contribution in [-0.4, -0.2) is 36.1 Å². The van der Waals surface area contributed by atoms with E-state index in [2.05, 4.69) is 10.6 Å². The third-order valence-electron chi connectivity index (χ3n) is 1.97. The summed E-state index contributed by atoms with van der Waals surface area (Å²) in [5.41, 5.74) is 0. The number of carbonyl (C=O) groups excluding carboxylic acids is 1. The first-order chi connectivity index (χ1) is 7.49. The summed E-state index contributed by atoms with van der Waals surface area (Å²) in [6.45, 7) is 3.76. The standard InChI is InChI=1S/C10H17N3O3/c1-7(2)9(10(15)16)13-6-8(14)12-5-3-4-11/h7,9,13H,3,5-6H2,1-2H3,(H,12,14)(H,15,16). The van der Waals surface area contributed by atoms with Crippen molar-refractivity contribution in [3.05, 3.63) is 0 Å². The Labute approximate surface area is 94.6 Å². The molecule has 0 spiro atoms. The van der Waals surface area contributed by atoms with Crippen LogP contribution < -0.4 is 10.6 Å². The monoisotopic (exact) mass is 227 g/mol. The van der Waals surface area contributed by atoms with E-state index in [1.807, 2.05) is 6.07 Å². The molecule has 0 aliphatic heterocycles. The fraction of sp³-hybridized carbons (Fsp3) is 0.700. The van der Waals surface area contributed by atoms with Gasteiger partial charge in [-0.1, -0.05) is 13.8 Å². The Morgan fingerprint density at radius 2 is 2.06 bits per heavy atom. The highest BCUT2D eigenvalue weighted by Gasteiger charge is 2.21. The fourth-order valence-corrected chi connectivity index (χ4v) is 1.13. The average Bonchev–Trinajstić information content (AvgIpc) is 2.17.